The number of amides is 1. The fourth-order valence-electron chi connectivity index (χ4n) is 4.53. The molecule has 0 aromatic heterocycles. The lowest BCUT2D eigenvalue weighted by Gasteiger charge is -2.25. The Morgan fingerprint density at radius 3 is 2.37 bits per heavy atom. The van der Waals surface area contributed by atoms with Crippen molar-refractivity contribution in [2.75, 3.05) is 4.90 Å². The van der Waals surface area contributed by atoms with Crippen LogP contribution in [0.1, 0.15) is 28.3 Å². The van der Waals surface area contributed by atoms with Crippen LogP contribution >= 0.6 is 11.6 Å². The average molecular weight is 528 g/mol. The smallest absolute Gasteiger partial charge is 0.300 e. The number of hydrogen-bond donors (Lipinski definition) is 1. The van der Waals surface area contributed by atoms with Crippen LogP contribution in [0.15, 0.2) is 103 Å². The molecule has 5 rings (SSSR count). The number of Topliss-reactive ketones (excluding diaryl/α,β-unsaturated/α-hetero) is 1. The summed E-state index contributed by atoms with van der Waals surface area (Å²) in [4.78, 5) is 27.8. The Morgan fingerprint density at radius 1 is 0.947 bits per heavy atom. The molecule has 0 saturated carbocycles. The number of nitrogens with zero attached hydrogens (tertiary/aromatic N) is 1. The zero-order valence-electron chi connectivity index (χ0n) is 20.4. The normalized spacial score (nSPS) is 16.6. The lowest BCUT2D eigenvalue weighted by Crippen LogP contribution is -2.29. The third-order valence-corrected chi connectivity index (χ3v) is 6.64. The number of aliphatic hydroxyl groups is 1. The molecule has 190 valence electrons. The first kappa shape index (κ1) is 25.2. The van der Waals surface area contributed by atoms with Gasteiger partial charge in [-0.2, -0.15) is 0 Å². The van der Waals surface area contributed by atoms with Crippen LogP contribution in [0.4, 0.5) is 10.1 Å². The van der Waals surface area contributed by atoms with Gasteiger partial charge in [0.05, 0.1) is 11.6 Å². The van der Waals surface area contributed by atoms with Crippen LogP contribution < -0.4 is 9.64 Å². The van der Waals surface area contributed by atoms with Gasteiger partial charge in [-0.25, -0.2) is 4.39 Å². The fraction of sp³-hybridized carbons (Fsp3) is 0.0968. The van der Waals surface area contributed by atoms with E-state index in [4.69, 9.17) is 16.3 Å². The molecule has 1 amide bonds. The number of aryl methyl sites for hydroxylation is 1. The number of ketones is 1. The summed E-state index contributed by atoms with van der Waals surface area (Å²) >= 11 is 6.17. The van der Waals surface area contributed by atoms with Gasteiger partial charge in [0.25, 0.3) is 11.7 Å². The number of anilines is 1. The molecule has 38 heavy (non-hydrogen) atoms. The topological polar surface area (TPSA) is 66.8 Å². The molecule has 0 aliphatic carbocycles. The van der Waals surface area contributed by atoms with E-state index in [0.29, 0.717) is 34.2 Å². The van der Waals surface area contributed by atoms with Crippen molar-refractivity contribution in [1.82, 2.24) is 0 Å². The summed E-state index contributed by atoms with van der Waals surface area (Å²) in [5, 5.41) is 11.8. The number of ether oxygens (including phenoxy) is 1. The number of aliphatic hydroxyl groups excluding tert-OH is 1. The third-order valence-electron chi connectivity index (χ3n) is 6.40. The highest BCUT2D eigenvalue weighted by Gasteiger charge is 2.47. The van der Waals surface area contributed by atoms with Crippen molar-refractivity contribution in [3.63, 3.8) is 0 Å². The SMILES string of the molecule is Cc1cc(/C(O)=C2\C(=O)C(=O)N(c3cccc(Cl)c3)C2c2ccc(F)cc2)ccc1OCc1ccccc1. The van der Waals surface area contributed by atoms with E-state index in [9.17, 15) is 19.1 Å². The van der Waals surface area contributed by atoms with E-state index < -0.39 is 23.5 Å². The first-order valence-corrected chi connectivity index (χ1v) is 12.3. The highest BCUT2D eigenvalue weighted by Crippen LogP contribution is 2.43. The van der Waals surface area contributed by atoms with Gasteiger partial charge in [0.2, 0.25) is 0 Å². The summed E-state index contributed by atoms with van der Waals surface area (Å²) in [7, 11) is 0. The molecule has 0 radical (unpaired) electrons. The quantitative estimate of drug-likeness (QED) is 0.167. The Morgan fingerprint density at radius 2 is 1.68 bits per heavy atom. The lowest BCUT2D eigenvalue weighted by atomic mass is 9.94. The second-order valence-corrected chi connectivity index (χ2v) is 9.39. The van der Waals surface area contributed by atoms with E-state index in [-0.39, 0.29) is 11.3 Å². The second kappa shape index (κ2) is 10.5. The minimum absolute atomic E-state index is 0.0982. The Kier molecular flexibility index (Phi) is 6.99. The Bertz CT molecular complexity index is 1550. The van der Waals surface area contributed by atoms with Crippen LogP contribution in [0.25, 0.3) is 5.76 Å². The van der Waals surface area contributed by atoms with Crippen LogP contribution in [0.5, 0.6) is 5.75 Å². The summed E-state index contributed by atoms with van der Waals surface area (Å²) in [5.74, 6) is -1.84. The average Bonchev–Trinajstić information content (AvgIpc) is 3.18. The molecule has 7 heteroatoms. The third kappa shape index (κ3) is 4.91. The van der Waals surface area contributed by atoms with Crippen molar-refractivity contribution in [1.29, 1.82) is 0 Å². The predicted molar refractivity (Wildman–Crippen MR) is 145 cm³/mol. The summed E-state index contributed by atoms with van der Waals surface area (Å²) in [6.45, 7) is 2.21. The molecule has 1 heterocycles. The number of rotatable bonds is 6. The minimum atomic E-state index is -0.983. The van der Waals surface area contributed by atoms with Gasteiger partial charge in [0.15, 0.2) is 0 Å². The summed E-state index contributed by atoms with van der Waals surface area (Å²) in [6, 6.07) is 25.8. The Balaban J connectivity index is 1.56. The maximum atomic E-state index is 13.7. The van der Waals surface area contributed by atoms with Gasteiger partial charge in [-0.3, -0.25) is 14.5 Å². The van der Waals surface area contributed by atoms with Gasteiger partial charge in [0.1, 0.15) is 23.9 Å². The predicted octanol–water partition coefficient (Wildman–Crippen LogP) is 6.99. The van der Waals surface area contributed by atoms with E-state index >= 15 is 0 Å². The molecule has 1 aliphatic rings. The van der Waals surface area contributed by atoms with E-state index in [2.05, 4.69) is 0 Å². The number of benzene rings is 4. The maximum Gasteiger partial charge on any atom is 0.300 e. The van der Waals surface area contributed by atoms with Gasteiger partial charge < -0.3 is 9.84 Å². The van der Waals surface area contributed by atoms with Gasteiger partial charge in [-0.15, -0.1) is 0 Å². The minimum Gasteiger partial charge on any atom is -0.507 e. The zero-order valence-corrected chi connectivity index (χ0v) is 21.2. The lowest BCUT2D eigenvalue weighted by molar-refractivity contribution is -0.132. The van der Waals surface area contributed by atoms with Crippen molar-refractivity contribution in [3.8, 4) is 5.75 Å². The van der Waals surface area contributed by atoms with Crippen molar-refractivity contribution in [3.05, 3.63) is 136 Å². The maximum absolute atomic E-state index is 13.7. The molecule has 1 fully saturated rings. The van der Waals surface area contributed by atoms with Crippen LogP contribution in [0.3, 0.4) is 0 Å². The highest BCUT2D eigenvalue weighted by molar-refractivity contribution is 6.51. The van der Waals surface area contributed by atoms with E-state index in [1.807, 2.05) is 37.3 Å². The largest absolute Gasteiger partial charge is 0.507 e. The molecule has 0 bridgehead atoms. The number of carbonyl (C=O) groups is 2. The van der Waals surface area contributed by atoms with E-state index in [1.54, 1.807) is 42.5 Å². The van der Waals surface area contributed by atoms with Crippen LogP contribution in [0, 0.1) is 12.7 Å². The summed E-state index contributed by atoms with van der Waals surface area (Å²) in [6.07, 6.45) is 0. The van der Waals surface area contributed by atoms with Crippen LogP contribution in [0.2, 0.25) is 5.02 Å². The molecule has 1 N–H and O–H groups in total. The fourth-order valence-corrected chi connectivity index (χ4v) is 4.72. The van der Waals surface area contributed by atoms with Crippen molar-refractivity contribution in [2.45, 2.75) is 19.6 Å². The Labute approximate surface area is 224 Å². The molecule has 4 aromatic carbocycles. The molecular formula is C31H23ClFNO4. The monoisotopic (exact) mass is 527 g/mol. The van der Waals surface area contributed by atoms with Crippen LogP contribution in [-0.2, 0) is 16.2 Å². The molecule has 1 unspecified atom stereocenters. The molecule has 1 saturated heterocycles. The highest BCUT2D eigenvalue weighted by atomic mass is 35.5. The molecular weight excluding hydrogens is 505 g/mol. The molecule has 1 atom stereocenters. The van der Waals surface area contributed by atoms with E-state index in [1.165, 1.54) is 29.2 Å². The number of hydrogen-bond acceptors (Lipinski definition) is 4. The zero-order chi connectivity index (χ0) is 26.8. The van der Waals surface area contributed by atoms with Gasteiger partial charge in [-0.1, -0.05) is 60.1 Å². The number of halogens is 2. The molecule has 1 aliphatic heterocycles. The molecule has 4 aromatic rings. The van der Waals surface area contributed by atoms with Crippen molar-refractivity contribution >= 4 is 34.7 Å². The van der Waals surface area contributed by atoms with Crippen LogP contribution in [-0.4, -0.2) is 16.8 Å². The first-order valence-electron chi connectivity index (χ1n) is 11.9. The van der Waals surface area contributed by atoms with Crippen molar-refractivity contribution in [2.24, 2.45) is 0 Å². The standard InChI is InChI=1S/C31H23ClFNO4/c1-19-16-22(12-15-26(19)38-18-20-6-3-2-4-7-20)29(35)27-28(21-10-13-24(33)14-11-21)34(31(37)30(27)36)25-9-5-8-23(32)17-25/h2-17,28,35H,18H2,1H3/b29-27+. The van der Waals surface area contributed by atoms with E-state index in [0.717, 1.165) is 11.1 Å². The van der Waals surface area contributed by atoms with Gasteiger partial charge in [0, 0.05) is 16.3 Å². The summed E-state index contributed by atoms with van der Waals surface area (Å²) < 4.78 is 19.7. The number of carbonyl (C=O) groups excluding carboxylic acids is 2. The first-order chi connectivity index (χ1) is 18.3. The second-order valence-electron chi connectivity index (χ2n) is 8.96. The summed E-state index contributed by atoms with van der Waals surface area (Å²) in [5.41, 5.74) is 2.86. The molecule has 0 spiro atoms. The van der Waals surface area contributed by atoms with Gasteiger partial charge in [-0.05, 0) is 72.1 Å². The van der Waals surface area contributed by atoms with Gasteiger partial charge >= 0.3 is 0 Å². The Hall–Kier alpha value is -4.42. The van der Waals surface area contributed by atoms with Crippen molar-refractivity contribution < 1.29 is 23.8 Å². The molecule has 5 nitrogen and oxygen atoms in total.